The summed E-state index contributed by atoms with van der Waals surface area (Å²) in [6.07, 6.45) is -1.42. The molecule has 184 valence electrons. The number of halogens is 3. The smallest absolute Gasteiger partial charge is 0.416 e. The summed E-state index contributed by atoms with van der Waals surface area (Å²) >= 11 is 0. The van der Waals surface area contributed by atoms with Crippen LogP contribution in [0.1, 0.15) is 64.5 Å². The molecule has 1 aromatic carbocycles. The molecule has 34 heavy (non-hydrogen) atoms. The Bertz CT molecular complexity index is 1110. The molecular formula is C25H30F3N3O3. The molecule has 0 radical (unpaired) electrons. The van der Waals surface area contributed by atoms with E-state index in [-0.39, 0.29) is 17.9 Å². The topological polar surface area (TPSA) is 68.5 Å². The second kappa shape index (κ2) is 10.0. The largest absolute Gasteiger partial charge is 0.444 e. The lowest BCUT2D eigenvalue weighted by Gasteiger charge is -2.33. The highest BCUT2D eigenvalue weighted by atomic mass is 19.4. The van der Waals surface area contributed by atoms with E-state index in [0.717, 1.165) is 30.5 Å². The number of pyridine rings is 1. The Morgan fingerprint density at radius 1 is 1.09 bits per heavy atom. The van der Waals surface area contributed by atoms with Crippen LogP contribution in [-0.4, -0.2) is 39.7 Å². The van der Waals surface area contributed by atoms with Crippen molar-refractivity contribution in [3.63, 3.8) is 0 Å². The minimum Gasteiger partial charge on any atom is -0.444 e. The first kappa shape index (κ1) is 25.5. The molecule has 1 fully saturated rings. The van der Waals surface area contributed by atoms with E-state index in [2.05, 4.69) is 9.97 Å². The van der Waals surface area contributed by atoms with Crippen molar-refractivity contribution in [3.05, 3.63) is 47.7 Å². The number of nitrogens with zero attached hydrogens (tertiary/aromatic N) is 3. The van der Waals surface area contributed by atoms with E-state index in [1.807, 2.05) is 40.7 Å². The van der Waals surface area contributed by atoms with Gasteiger partial charge in [-0.2, -0.15) is 13.2 Å². The Morgan fingerprint density at radius 2 is 1.71 bits per heavy atom. The van der Waals surface area contributed by atoms with Gasteiger partial charge in [-0.3, -0.25) is 0 Å². The molecule has 0 aliphatic carbocycles. The van der Waals surface area contributed by atoms with Crippen molar-refractivity contribution in [1.29, 1.82) is 0 Å². The number of amides is 1. The molecule has 1 amide bonds. The Kier molecular flexibility index (Phi) is 7.53. The average Bonchev–Trinajstić information content (AvgIpc) is 3.22. The maximum Gasteiger partial charge on any atom is 0.416 e. The lowest BCUT2D eigenvalue weighted by molar-refractivity contribution is -0.137. The molecule has 2 aromatic heterocycles. The van der Waals surface area contributed by atoms with Crippen molar-refractivity contribution in [2.24, 2.45) is 0 Å². The number of hydrogen-bond acceptors (Lipinski definition) is 5. The standard InChI is InChI=1S/C23H24F3N3O3.C2H6/c1-22(2,3)32-21(30)29-10-8-14(9-11-29)16-12-18-20(27-13-16)31-19(28-18)15-4-6-17(7-5-15)23(24,25)26;1-2/h4-7,12-14H,8-11H2,1-3H3;1-2H3. The third kappa shape index (κ3) is 6.07. The quantitative estimate of drug-likeness (QED) is 0.396. The summed E-state index contributed by atoms with van der Waals surface area (Å²) < 4.78 is 49.4. The van der Waals surface area contributed by atoms with E-state index >= 15 is 0 Å². The summed E-state index contributed by atoms with van der Waals surface area (Å²) in [7, 11) is 0. The van der Waals surface area contributed by atoms with Crippen LogP contribution in [0.25, 0.3) is 22.7 Å². The Morgan fingerprint density at radius 3 is 2.26 bits per heavy atom. The van der Waals surface area contributed by atoms with Gasteiger partial charge in [-0.1, -0.05) is 13.8 Å². The minimum absolute atomic E-state index is 0.219. The van der Waals surface area contributed by atoms with Gasteiger partial charge in [0.25, 0.3) is 0 Å². The van der Waals surface area contributed by atoms with Gasteiger partial charge in [-0.25, -0.2) is 14.8 Å². The van der Waals surface area contributed by atoms with Gasteiger partial charge in [0.2, 0.25) is 11.6 Å². The van der Waals surface area contributed by atoms with Crippen molar-refractivity contribution in [2.75, 3.05) is 13.1 Å². The van der Waals surface area contributed by atoms with Crippen LogP contribution in [0.3, 0.4) is 0 Å². The van der Waals surface area contributed by atoms with E-state index in [9.17, 15) is 18.0 Å². The van der Waals surface area contributed by atoms with Crippen LogP contribution in [0.4, 0.5) is 18.0 Å². The molecular weight excluding hydrogens is 447 g/mol. The van der Waals surface area contributed by atoms with Crippen LogP contribution in [-0.2, 0) is 10.9 Å². The van der Waals surface area contributed by atoms with E-state index in [1.54, 1.807) is 11.1 Å². The number of carbonyl (C=O) groups is 1. The van der Waals surface area contributed by atoms with Crippen molar-refractivity contribution in [2.45, 2.75) is 65.2 Å². The molecule has 3 heterocycles. The van der Waals surface area contributed by atoms with Crippen LogP contribution in [0, 0.1) is 0 Å². The van der Waals surface area contributed by atoms with Crippen LogP contribution < -0.4 is 0 Å². The number of likely N-dealkylation sites (tertiary alicyclic amines) is 1. The molecule has 0 N–H and O–H groups in total. The Balaban J connectivity index is 0.00000158. The van der Waals surface area contributed by atoms with Crippen LogP contribution in [0.15, 0.2) is 40.9 Å². The minimum atomic E-state index is -4.39. The molecule has 1 aliphatic heterocycles. The van der Waals surface area contributed by atoms with Crippen LogP contribution in [0.2, 0.25) is 0 Å². The first-order chi connectivity index (χ1) is 16.0. The number of oxazole rings is 1. The van der Waals surface area contributed by atoms with Gasteiger partial charge >= 0.3 is 12.3 Å². The molecule has 0 spiro atoms. The molecule has 0 unspecified atom stereocenters. The highest BCUT2D eigenvalue weighted by Gasteiger charge is 2.30. The number of benzene rings is 1. The summed E-state index contributed by atoms with van der Waals surface area (Å²) in [5, 5.41) is 0. The predicted molar refractivity (Wildman–Crippen MR) is 123 cm³/mol. The van der Waals surface area contributed by atoms with E-state index < -0.39 is 17.3 Å². The van der Waals surface area contributed by atoms with Gasteiger partial charge in [-0.05, 0) is 75.4 Å². The maximum atomic E-state index is 12.8. The fourth-order valence-corrected chi connectivity index (χ4v) is 3.71. The molecule has 6 nitrogen and oxygen atoms in total. The predicted octanol–water partition coefficient (Wildman–Crippen LogP) is 7.05. The lowest BCUT2D eigenvalue weighted by Crippen LogP contribution is -2.41. The molecule has 4 rings (SSSR count). The SMILES string of the molecule is CC.CC(C)(C)OC(=O)N1CCC(c2cnc3oc(-c4ccc(C(F)(F)F)cc4)nc3c2)CC1. The Hall–Kier alpha value is -3.10. The van der Waals surface area contributed by atoms with Gasteiger partial charge in [0.15, 0.2) is 0 Å². The third-order valence-corrected chi connectivity index (χ3v) is 5.35. The Labute approximate surface area is 197 Å². The molecule has 0 atom stereocenters. The van der Waals surface area contributed by atoms with Gasteiger partial charge in [0.1, 0.15) is 11.1 Å². The molecule has 3 aromatic rings. The van der Waals surface area contributed by atoms with Crippen molar-refractivity contribution >= 4 is 17.3 Å². The highest BCUT2D eigenvalue weighted by molar-refractivity contribution is 5.73. The molecule has 9 heteroatoms. The fraction of sp³-hybridized carbons (Fsp3) is 0.480. The summed E-state index contributed by atoms with van der Waals surface area (Å²) in [6.45, 7) is 10.7. The summed E-state index contributed by atoms with van der Waals surface area (Å²) in [5.74, 6) is 0.440. The van der Waals surface area contributed by atoms with E-state index in [0.29, 0.717) is 29.9 Å². The number of alkyl halides is 3. The second-order valence-corrected chi connectivity index (χ2v) is 8.93. The molecule has 0 saturated carbocycles. The summed E-state index contributed by atoms with van der Waals surface area (Å²) in [4.78, 5) is 22.7. The van der Waals surface area contributed by atoms with Gasteiger partial charge in [0.05, 0.1) is 5.56 Å². The zero-order valence-corrected chi connectivity index (χ0v) is 20.1. The maximum absolute atomic E-state index is 12.8. The number of hydrogen-bond donors (Lipinski definition) is 0. The number of aromatic nitrogens is 2. The third-order valence-electron chi connectivity index (χ3n) is 5.35. The monoisotopic (exact) mass is 477 g/mol. The van der Waals surface area contributed by atoms with Gasteiger partial charge in [-0.15, -0.1) is 0 Å². The van der Waals surface area contributed by atoms with Crippen LogP contribution >= 0.6 is 0 Å². The fourth-order valence-electron chi connectivity index (χ4n) is 3.71. The van der Waals surface area contributed by atoms with E-state index in [4.69, 9.17) is 9.15 Å². The second-order valence-electron chi connectivity index (χ2n) is 8.93. The normalized spacial score (nSPS) is 15.1. The van der Waals surface area contributed by atoms with Crippen molar-refractivity contribution < 1.29 is 27.1 Å². The zero-order valence-electron chi connectivity index (χ0n) is 20.1. The number of carbonyl (C=O) groups excluding carboxylic acids is 1. The summed E-state index contributed by atoms with van der Waals surface area (Å²) in [5.41, 5.74) is 1.06. The molecule has 1 saturated heterocycles. The molecule has 0 bridgehead atoms. The van der Waals surface area contributed by atoms with Crippen LogP contribution in [0.5, 0.6) is 0 Å². The van der Waals surface area contributed by atoms with Gasteiger partial charge < -0.3 is 14.1 Å². The first-order valence-electron chi connectivity index (χ1n) is 11.4. The van der Waals surface area contributed by atoms with Gasteiger partial charge in [0, 0.05) is 24.8 Å². The van der Waals surface area contributed by atoms with Crippen molar-refractivity contribution in [1.82, 2.24) is 14.9 Å². The lowest BCUT2D eigenvalue weighted by atomic mass is 9.90. The number of rotatable bonds is 2. The number of piperidine rings is 1. The highest BCUT2D eigenvalue weighted by Crippen LogP contribution is 2.33. The zero-order chi connectivity index (χ0) is 25.1. The number of ether oxygens (including phenoxy) is 1. The van der Waals surface area contributed by atoms with E-state index in [1.165, 1.54) is 12.1 Å². The molecule has 1 aliphatic rings. The summed E-state index contributed by atoms with van der Waals surface area (Å²) in [6, 6.07) is 6.57. The number of fused-ring (bicyclic) bond motifs is 1. The average molecular weight is 478 g/mol. The first-order valence-corrected chi connectivity index (χ1v) is 11.4. The van der Waals surface area contributed by atoms with Crippen molar-refractivity contribution in [3.8, 4) is 11.5 Å².